The van der Waals surface area contributed by atoms with Crippen LogP contribution in [0.2, 0.25) is 0 Å². The Kier molecular flexibility index (Phi) is 3.79. The number of rotatable bonds is 3. The molecule has 7 rings (SSSR count). The molecule has 5 nitrogen and oxygen atoms in total. The van der Waals surface area contributed by atoms with Crippen molar-refractivity contribution in [3.8, 4) is 11.5 Å². The average Bonchev–Trinajstić information content (AvgIpc) is 3.09. The van der Waals surface area contributed by atoms with Crippen molar-refractivity contribution in [1.29, 1.82) is 0 Å². The van der Waals surface area contributed by atoms with Crippen LogP contribution >= 0.6 is 0 Å². The van der Waals surface area contributed by atoms with Gasteiger partial charge in [-0.05, 0) is 62.6 Å². The fourth-order valence-corrected chi connectivity index (χ4v) is 8.68. The van der Waals surface area contributed by atoms with Crippen LogP contribution < -0.4 is 14.8 Å². The number of hydrogen-bond donors (Lipinski definition) is 2. The van der Waals surface area contributed by atoms with Crippen LogP contribution in [-0.2, 0) is 16.6 Å². The Morgan fingerprint density at radius 3 is 2.58 bits per heavy atom. The van der Waals surface area contributed by atoms with E-state index in [9.17, 15) is 5.11 Å². The predicted molar refractivity (Wildman–Crippen MR) is 119 cm³/mol. The SMILES string of the molecule is COc1ccc2c3c1O[C@H]1[C@]4(OC)CC[C@]5(C[C@@H]4[C@@](C)(O)C(C)(C)C)[C@@H](C2)NCC[C@]315. The molecule has 5 heteroatoms. The first-order valence-corrected chi connectivity index (χ1v) is 12.0. The Morgan fingerprint density at radius 1 is 1.13 bits per heavy atom. The molecule has 1 aromatic carbocycles. The summed E-state index contributed by atoms with van der Waals surface area (Å²) in [5.74, 6) is 1.77. The van der Waals surface area contributed by atoms with E-state index in [1.165, 1.54) is 11.1 Å². The first kappa shape index (κ1) is 20.3. The molecule has 1 saturated heterocycles. The lowest BCUT2D eigenvalue weighted by molar-refractivity contribution is -0.303. The molecular formula is C26H37NO4. The zero-order chi connectivity index (χ0) is 22.0. The van der Waals surface area contributed by atoms with Crippen molar-refractivity contribution >= 4 is 0 Å². The van der Waals surface area contributed by atoms with Crippen LogP contribution in [0.5, 0.6) is 11.5 Å². The quantitative estimate of drug-likeness (QED) is 0.772. The Bertz CT molecular complexity index is 951. The molecule has 1 aromatic rings. The highest BCUT2D eigenvalue weighted by Crippen LogP contribution is 2.77. The molecule has 3 saturated carbocycles. The van der Waals surface area contributed by atoms with Crippen molar-refractivity contribution in [3.63, 3.8) is 0 Å². The van der Waals surface area contributed by atoms with Crippen LogP contribution in [0.25, 0.3) is 0 Å². The van der Waals surface area contributed by atoms with Crippen molar-refractivity contribution in [3.05, 3.63) is 23.3 Å². The summed E-state index contributed by atoms with van der Waals surface area (Å²) in [5, 5.41) is 15.9. The first-order valence-electron chi connectivity index (χ1n) is 12.0. The molecule has 0 aromatic heterocycles. The molecule has 0 radical (unpaired) electrons. The second kappa shape index (κ2) is 5.78. The van der Waals surface area contributed by atoms with E-state index in [4.69, 9.17) is 14.2 Å². The van der Waals surface area contributed by atoms with Gasteiger partial charge in [0.1, 0.15) is 11.7 Å². The minimum absolute atomic E-state index is 0.00105. The van der Waals surface area contributed by atoms with Crippen LogP contribution in [0, 0.1) is 16.7 Å². The van der Waals surface area contributed by atoms with Crippen LogP contribution in [0.4, 0.5) is 0 Å². The first-order chi connectivity index (χ1) is 14.6. The van der Waals surface area contributed by atoms with E-state index in [1.54, 1.807) is 7.11 Å². The van der Waals surface area contributed by atoms with Gasteiger partial charge >= 0.3 is 0 Å². The summed E-state index contributed by atoms with van der Waals surface area (Å²) in [6, 6.07) is 4.73. The Balaban J connectivity index is 1.64. The molecule has 0 unspecified atom stereocenters. The smallest absolute Gasteiger partial charge is 0.165 e. The fraction of sp³-hybridized carbons (Fsp3) is 0.769. The number of ether oxygens (including phenoxy) is 3. The van der Waals surface area contributed by atoms with E-state index in [2.05, 4.69) is 38.2 Å². The summed E-state index contributed by atoms with van der Waals surface area (Å²) in [7, 11) is 3.57. The number of aliphatic hydroxyl groups is 1. The molecule has 2 heterocycles. The normalized spacial score (nSPS) is 43.8. The zero-order valence-corrected chi connectivity index (χ0v) is 19.8. The van der Waals surface area contributed by atoms with Gasteiger partial charge in [0.05, 0.1) is 12.7 Å². The molecule has 7 atom stereocenters. The highest BCUT2D eigenvalue weighted by Gasteiger charge is 2.81. The van der Waals surface area contributed by atoms with Crippen molar-refractivity contribution in [2.24, 2.45) is 16.7 Å². The Hall–Kier alpha value is -1.30. The minimum Gasteiger partial charge on any atom is -0.493 e. The van der Waals surface area contributed by atoms with Gasteiger partial charge in [0, 0.05) is 35.5 Å². The number of fused-ring (bicyclic) bond motifs is 2. The maximum atomic E-state index is 12.0. The molecule has 4 bridgehead atoms. The van der Waals surface area contributed by atoms with Gasteiger partial charge in [0.15, 0.2) is 11.5 Å². The van der Waals surface area contributed by atoms with Crippen molar-refractivity contribution in [2.75, 3.05) is 20.8 Å². The van der Waals surface area contributed by atoms with Crippen LogP contribution in [0.1, 0.15) is 64.5 Å². The van der Waals surface area contributed by atoms with Gasteiger partial charge in [-0.1, -0.05) is 26.8 Å². The molecule has 2 spiro atoms. The lowest BCUT2D eigenvalue weighted by Gasteiger charge is -2.74. The topological polar surface area (TPSA) is 60.0 Å². The Morgan fingerprint density at radius 2 is 1.90 bits per heavy atom. The van der Waals surface area contributed by atoms with Gasteiger partial charge in [0.25, 0.3) is 0 Å². The summed E-state index contributed by atoms with van der Waals surface area (Å²) in [6.45, 7) is 9.48. The maximum absolute atomic E-state index is 12.0. The van der Waals surface area contributed by atoms with E-state index < -0.39 is 11.2 Å². The maximum Gasteiger partial charge on any atom is 0.165 e. The molecule has 0 amide bonds. The lowest BCUT2D eigenvalue weighted by Crippen LogP contribution is -2.83. The second-order valence-corrected chi connectivity index (χ2v) is 12.0. The third-order valence-corrected chi connectivity index (χ3v) is 10.6. The third kappa shape index (κ3) is 1.98. The molecule has 170 valence electrons. The van der Waals surface area contributed by atoms with Gasteiger partial charge in [-0.25, -0.2) is 0 Å². The van der Waals surface area contributed by atoms with E-state index in [0.29, 0.717) is 6.04 Å². The number of methoxy groups -OCH3 is 2. The highest BCUT2D eigenvalue weighted by molar-refractivity contribution is 5.63. The standard InChI is InChI=1S/C26H37NO4/c1-22(2,3)23(4,28)17-14-24-9-10-26(17,30-6)21-25(24)11-12-27-18(24)13-15-7-8-16(29-5)20(31-21)19(15)25/h7-8,17-18,21,27-28H,9-14H2,1-6H3/t17-,18-,21-,23-,24+,25+,26+/m1/s1. The number of benzene rings is 1. The highest BCUT2D eigenvalue weighted by atomic mass is 16.6. The average molecular weight is 428 g/mol. The van der Waals surface area contributed by atoms with Gasteiger partial charge in [-0.15, -0.1) is 0 Å². The molecular weight excluding hydrogens is 390 g/mol. The van der Waals surface area contributed by atoms with Gasteiger partial charge in [-0.3, -0.25) is 0 Å². The van der Waals surface area contributed by atoms with E-state index >= 15 is 0 Å². The second-order valence-electron chi connectivity index (χ2n) is 12.0. The summed E-state index contributed by atoms with van der Waals surface area (Å²) in [4.78, 5) is 0. The van der Waals surface area contributed by atoms with Crippen molar-refractivity contribution < 1.29 is 19.3 Å². The third-order valence-electron chi connectivity index (χ3n) is 10.6. The van der Waals surface area contributed by atoms with E-state index in [0.717, 1.165) is 50.1 Å². The molecule has 2 N–H and O–H groups in total. The van der Waals surface area contributed by atoms with Crippen LogP contribution in [0.15, 0.2) is 12.1 Å². The fourth-order valence-electron chi connectivity index (χ4n) is 8.68. The number of nitrogens with one attached hydrogen (secondary N) is 1. The molecule has 31 heavy (non-hydrogen) atoms. The summed E-state index contributed by atoms with van der Waals surface area (Å²) < 4.78 is 19.3. The lowest BCUT2D eigenvalue weighted by atomic mass is 9.33. The predicted octanol–water partition coefficient (Wildman–Crippen LogP) is 3.59. The number of hydrogen-bond acceptors (Lipinski definition) is 5. The van der Waals surface area contributed by atoms with Crippen molar-refractivity contribution in [2.45, 2.75) is 88.6 Å². The summed E-state index contributed by atoms with van der Waals surface area (Å²) >= 11 is 0. The molecule has 4 fully saturated rings. The molecule has 6 aliphatic rings. The van der Waals surface area contributed by atoms with E-state index in [-0.39, 0.29) is 28.3 Å². The monoisotopic (exact) mass is 427 g/mol. The van der Waals surface area contributed by atoms with Gasteiger partial charge in [-0.2, -0.15) is 0 Å². The molecule has 2 aliphatic heterocycles. The van der Waals surface area contributed by atoms with Gasteiger partial charge in [0.2, 0.25) is 0 Å². The Labute approximate surface area is 185 Å². The largest absolute Gasteiger partial charge is 0.493 e. The summed E-state index contributed by atoms with van der Waals surface area (Å²) in [5.41, 5.74) is 1.13. The molecule has 4 aliphatic carbocycles. The van der Waals surface area contributed by atoms with Crippen LogP contribution in [-0.4, -0.2) is 49.2 Å². The van der Waals surface area contributed by atoms with Gasteiger partial charge < -0.3 is 24.6 Å². The zero-order valence-electron chi connectivity index (χ0n) is 19.8. The summed E-state index contributed by atoms with van der Waals surface area (Å²) in [6.07, 6.45) is 4.99. The minimum atomic E-state index is -0.880. The van der Waals surface area contributed by atoms with E-state index in [1.807, 2.05) is 14.0 Å². The number of piperidine rings is 1. The van der Waals surface area contributed by atoms with Crippen molar-refractivity contribution in [1.82, 2.24) is 5.32 Å². The van der Waals surface area contributed by atoms with Crippen LogP contribution in [0.3, 0.4) is 0 Å².